The van der Waals surface area contributed by atoms with Crippen molar-refractivity contribution >= 4 is 103 Å². The number of benzene rings is 9. The number of hydrogen-bond acceptors (Lipinski definition) is 2. The fourth-order valence-electron chi connectivity index (χ4n) is 10.4. The van der Waals surface area contributed by atoms with Crippen LogP contribution in [0.5, 0.6) is 0 Å². The summed E-state index contributed by atoms with van der Waals surface area (Å²) < 4.78 is 7.18. The van der Waals surface area contributed by atoms with Gasteiger partial charge in [0.25, 0.3) is 0 Å². The number of rotatable bonds is 3. The highest BCUT2D eigenvalue weighted by Gasteiger charge is 2.27. The van der Waals surface area contributed by atoms with Gasteiger partial charge in [-0.25, -0.2) is 9.97 Å². The predicted octanol–water partition coefficient (Wildman–Crippen LogP) is 13.8. The molecule has 59 heavy (non-hydrogen) atoms. The Morgan fingerprint density at radius 2 is 0.966 bits per heavy atom. The number of fused-ring (bicyclic) bond motifs is 16. The average Bonchev–Trinajstić information content (AvgIpc) is 4.03. The Morgan fingerprint density at radius 1 is 0.339 bits per heavy atom. The largest absolute Gasteiger partial charge is 0.309 e. The van der Waals surface area contributed by atoms with E-state index in [1.165, 1.54) is 70.4 Å². The van der Waals surface area contributed by atoms with Crippen LogP contribution in [0.15, 0.2) is 188 Å². The van der Waals surface area contributed by atoms with Crippen LogP contribution in [0.3, 0.4) is 0 Å². The molecular formula is C54H31N5. The van der Waals surface area contributed by atoms with Crippen LogP contribution in [0.2, 0.25) is 0 Å². The van der Waals surface area contributed by atoms with Crippen molar-refractivity contribution in [3.8, 4) is 22.9 Å². The van der Waals surface area contributed by atoms with Gasteiger partial charge in [0.15, 0.2) is 0 Å². The van der Waals surface area contributed by atoms with E-state index in [0.717, 1.165) is 49.9 Å². The topological polar surface area (TPSA) is 40.0 Å². The Bertz CT molecular complexity index is 4070. The number of hydrogen-bond donors (Lipinski definition) is 0. The third kappa shape index (κ3) is 3.98. The Labute approximate surface area is 336 Å². The maximum atomic E-state index is 5.68. The summed E-state index contributed by atoms with van der Waals surface area (Å²) in [6.45, 7) is 0. The van der Waals surface area contributed by atoms with E-state index in [0.29, 0.717) is 5.95 Å². The van der Waals surface area contributed by atoms with Crippen molar-refractivity contribution in [1.82, 2.24) is 23.5 Å². The molecule has 0 N–H and O–H groups in total. The first-order chi connectivity index (χ1) is 29.3. The highest BCUT2D eigenvalue weighted by atomic mass is 15.2. The summed E-state index contributed by atoms with van der Waals surface area (Å²) in [4.78, 5) is 11.1. The molecule has 5 nitrogen and oxygen atoms in total. The molecule has 5 aromatic heterocycles. The molecule has 0 saturated carbocycles. The second kappa shape index (κ2) is 11.3. The Hall–Kier alpha value is -8.02. The molecule has 14 aromatic rings. The number of aromatic nitrogens is 5. The quantitative estimate of drug-likeness (QED) is 0.180. The lowest BCUT2D eigenvalue weighted by Gasteiger charge is -2.13. The molecule has 14 rings (SSSR count). The van der Waals surface area contributed by atoms with Crippen molar-refractivity contribution in [3.63, 3.8) is 0 Å². The van der Waals surface area contributed by atoms with Crippen LogP contribution in [0.4, 0.5) is 0 Å². The smallest absolute Gasteiger partial charge is 0.235 e. The first kappa shape index (κ1) is 31.1. The van der Waals surface area contributed by atoms with E-state index in [2.05, 4.69) is 202 Å². The van der Waals surface area contributed by atoms with E-state index in [9.17, 15) is 0 Å². The molecule has 0 aliphatic rings. The lowest BCUT2D eigenvalue weighted by molar-refractivity contribution is 1.01. The van der Waals surface area contributed by atoms with Crippen LogP contribution in [-0.2, 0) is 0 Å². The molecule has 0 aliphatic carbocycles. The standard InChI is InChI=1S/C54H31N5/c1-2-16-33(17-3-1)57-43-26-12-8-21-37(43)48-39(23-14-28-45(48)57)52-36-20-6-10-24-41(36)55-54(56-52)59-44-27-13-9-22-38(44)50-47(59)31-40-35-19-7-11-25-42(35)58-46-30-29-32-15-4-5-18-34(32)49(46)51(50)53(40)58/h1-31H. The van der Waals surface area contributed by atoms with E-state index in [4.69, 9.17) is 9.97 Å². The average molecular weight is 750 g/mol. The van der Waals surface area contributed by atoms with Crippen LogP contribution in [0, 0.1) is 0 Å². The predicted molar refractivity (Wildman–Crippen MR) is 246 cm³/mol. The molecule has 5 heteroatoms. The molecule has 0 amide bonds. The van der Waals surface area contributed by atoms with Gasteiger partial charge in [0.05, 0.1) is 49.8 Å². The Kier molecular flexibility index (Phi) is 5.96. The summed E-state index contributed by atoms with van der Waals surface area (Å²) in [5.41, 5.74) is 12.2. The molecule has 0 saturated heterocycles. The minimum Gasteiger partial charge on any atom is -0.309 e. The minimum absolute atomic E-state index is 0.653. The van der Waals surface area contributed by atoms with Gasteiger partial charge >= 0.3 is 0 Å². The normalized spacial score (nSPS) is 12.4. The summed E-state index contributed by atoms with van der Waals surface area (Å²) >= 11 is 0. The van der Waals surface area contributed by atoms with Crippen molar-refractivity contribution in [1.29, 1.82) is 0 Å². The van der Waals surface area contributed by atoms with Gasteiger partial charge in [-0.15, -0.1) is 0 Å². The van der Waals surface area contributed by atoms with E-state index < -0.39 is 0 Å². The van der Waals surface area contributed by atoms with E-state index >= 15 is 0 Å². The van der Waals surface area contributed by atoms with Crippen LogP contribution in [0.1, 0.15) is 0 Å². The van der Waals surface area contributed by atoms with Crippen molar-refractivity contribution in [2.45, 2.75) is 0 Å². The second-order valence-corrected chi connectivity index (χ2v) is 15.7. The van der Waals surface area contributed by atoms with Gasteiger partial charge in [-0.3, -0.25) is 4.57 Å². The molecule has 9 aromatic carbocycles. The van der Waals surface area contributed by atoms with E-state index in [1.54, 1.807) is 0 Å². The molecule has 0 fully saturated rings. The van der Waals surface area contributed by atoms with Gasteiger partial charge in [-0.2, -0.15) is 0 Å². The Morgan fingerprint density at radius 3 is 1.80 bits per heavy atom. The summed E-state index contributed by atoms with van der Waals surface area (Å²) in [7, 11) is 0. The van der Waals surface area contributed by atoms with Crippen molar-refractivity contribution in [2.75, 3.05) is 0 Å². The van der Waals surface area contributed by atoms with Gasteiger partial charge in [-0.05, 0) is 65.4 Å². The maximum Gasteiger partial charge on any atom is 0.235 e. The lowest BCUT2D eigenvalue weighted by Crippen LogP contribution is -2.03. The first-order valence-corrected chi connectivity index (χ1v) is 20.2. The molecule has 272 valence electrons. The highest BCUT2D eigenvalue weighted by Crippen LogP contribution is 2.48. The molecule has 5 heterocycles. The van der Waals surface area contributed by atoms with Crippen molar-refractivity contribution in [3.05, 3.63) is 188 Å². The van der Waals surface area contributed by atoms with Crippen LogP contribution >= 0.6 is 0 Å². The highest BCUT2D eigenvalue weighted by molar-refractivity contribution is 6.38. The van der Waals surface area contributed by atoms with Crippen LogP contribution in [-0.4, -0.2) is 23.5 Å². The number of nitrogens with zero attached hydrogens (tertiary/aromatic N) is 5. The van der Waals surface area contributed by atoms with Crippen molar-refractivity contribution < 1.29 is 0 Å². The van der Waals surface area contributed by atoms with Crippen LogP contribution < -0.4 is 0 Å². The second-order valence-electron chi connectivity index (χ2n) is 15.7. The SMILES string of the molecule is c1ccc(-n2c3ccccc3c3c(-c4nc(-n5c6ccccc6c6c7c8c9ccccc9ccc8n8c9ccccc9c(cc65)c78)nc5ccccc45)cccc32)cc1. The zero-order chi connectivity index (χ0) is 38.3. The summed E-state index contributed by atoms with van der Waals surface area (Å²) in [5.74, 6) is 0.653. The van der Waals surface area contributed by atoms with E-state index in [1.807, 2.05) is 0 Å². The zero-order valence-electron chi connectivity index (χ0n) is 31.6. The van der Waals surface area contributed by atoms with E-state index in [-0.39, 0.29) is 0 Å². The number of para-hydroxylation sites is 5. The third-order valence-electron chi connectivity index (χ3n) is 12.7. The van der Waals surface area contributed by atoms with Gasteiger partial charge in [-0.1, -0.05) is 133 Å². The molecule has 0 unspecified atom stereocenters. The first-order valence-electron chi connectivity index (χ1n) is 20.2. The van der Waals surface area contributed by atoms with Crippen molar-refractivity contribution in [2.24, 2.45) is 0 Å². The molecule has 0 aliphatic heterocycles. The van der Waals surface area contributed by atoms with Crippen LogP contribution in [0.25, 0.3) is 126 Å². The maximum absolute atomic E-state index is 5.68. The fourth-order valence-corrected chi connectivity index (χ4v) is 10.4. The van der Waals surface area contributed by atoms with Gasteiger partial charge in [0.1, 0.15) is 0 Å². The summed E-state index contributed by atoms with van der Waals surface area (Å²) in [6.07, 6.45) is 0. The lowest BCUT2D eigenvalue weighted by atomic mass is 9.98. The molecule has 0 spiro atoms. The molecule has 0 atom stereocenters. The summed E-state index contributed by atoms with van der Waals surface area (Å²) in [5, 5.41) is 13.3. The molecular weight excluding hydrogens is 719 g/mol. The Balaban J connectivity index is 1.15. The van der Waals surface area contributed by atoms with Gasteiger partial charge in [0, 0.05) is 59.7 Å². The van der Waals surface area contributed by atoms with Gasteiger partial charge in [0.2, 0.25) is 5.95 Å². The minimum atomic E-state index is 0.653. The monoisotopic (exact) mass is 749 g/mol. The zero-order valence-corrected chi connectivity index (χ0v) is 31.6. The molecule has 0 bridgehead atoms. The van der Waals surface area contributed by atoms with Gasteiger partial charge < -0.3 is 8.97 Å². The fraction of sp³-hybridized carbons (Fsp3) is 0. The summed E-state index contributed by atoms with van der Waals surface area (Å²) in [6, 6.07) is 67.9. The third-order valence-corrected chi connectivity index (χ3v) is 12.7. The molecule has 0 radical (unpaired) electrons.